The Hall–Kier alpha value is -2.65. The standard InChI is InChI=1S/C23H26N4O3S2/c1-5-26-20(16-10-12-17(13-11-16)23(2,3)4)24-25-22(26)31-15-14-27-21(28)18-8-6-7-9-19(18)32(27,29)30/h6-13H,5,14-15H2,1-4H3. The highest BCUT2D eigenvalue weighted by atomic mass is 32.2. The largest absolute Gasteiger partial charge is 0.302 e. The number of benzene rings is 2. The van der Waals surface area contributed by atoms with Gasteiger partial charge in [0, 0.05) is 24.4 Å². The van der Waals surface area contributed by atoms with Gasteiger partial charge in [-0.2, -0.15) is 0 Å². The lowest BCUT2D eigenvalue weighted by Crippen LogP contribution is -2.32. The van der Waals surface area contributed by atoms with Crippen molar-refractivity contribution in [2.45, 2.75) is 49.7 Å². The number of thioether (sulfide) groups is 1. The van der Waals surface area contributed by atoms with Gasteiger partial charge in [-0.05, 0) is 30.0 Å². The molecule has 1 amide bonds. The zero-order valence-corrected chi connectivity index (χ0v) is 20.2. The van der Waals surface area contributed by atoms with Crippen molar-refractivity contribution in [2.75, 3.05) is 12.3 Å². The van der Waals surface area contributed by atoms with Crippen molar-refractivity contribution in [1.29, 1.82) is 0 Å². The Labute approximate surface area is 192 Å². The van der Waals surface area contributed by atoms with Crippen LogP contribution in [0.3, 0.4) is 0 Å². The Morgan fingerprint density at radius 2 is 1.69 bits per heavy atom. The van der Waals surface area contributed by atoms with Crippen molar-refractivity contribution in [3.05, 3.63) is 59.7 Å². The van der Waals surface area contributed by atoms with Crippen molar-refractivity contribution < 1.29 is 13.2 Å². The lowest BCUT2D eigenvalue weighted by atomic mass is 9.87. The van der Waals surface area contributed by atoms with Crippen LogP contribution in [0.2, 0.25) is 0 Å². The van der Waals surface area contributed by atoms with Crippen LogP contribution in [0, 0.1) is 0 Å². The molecule has 1 aliphatic heterocycles. The Bertz CT molecular complexity index is 1260. The van der Waals surface area contributed by atoms with E-state index in [-0.39, 0.29) is 22.4 Å². The summed E-state index contributed by atoms with van der Waals surface area (Å²) in [5, 5.41) is 9.38. The van der Waals surface area contributed by atoms with E-state index in [1.807, 2.05) is 11.5 Å². The maximum absolute atomic E-state index is 12.7. The Kier molecular flexibility index (Phi) is 5.89. The van der Waals surface area contributed by atoms with E-state index in [4.69, 9.17) is 0 Å². The first kappa shape index (κ1) is 22.5. The van der Waals surface area contributed by atoms with E-state index in [0.717, 1.165) is 15.7 Å². The first-order chi connectivity index (χ1) is 15.1. The minimum atomic E-state index is -3.79. The molecule has 2 heterocycles. The highest BCUT2D eigenvalue weighted by Gasteiger charge is 2.40. The van der Waals surface area contributed by atoms with Crippen LogP contribution in [-0.4, -0.2) is 45.7 Å². The van der Waals surface area contributed by atoms with Crippen LogP contribution in [0.4, 0.5) is 0 Å². The van der Waals surface area contributed by atoms with Gasteiger partial charge in [-0.25, -0.2) is 12.7 Å². The molecule has 1 aromatic heterocycles. The van der Waals surface area contributed by atoms with Crippen LogP contribution in [0.25, 0.3) is 11.4 Å². The van der Waals surface area contributed by atoms with Gasteiger partial charge in [0.25, 0.3) is 15.9 Å². The van der Waals surface area contributed by atoms with Crippen molar-refractivity contribution in [3.63, 3.8) is 0 Å². The zero-order chi connectivity index (χ0) is 23.1. The molecule has 0 fully saturated rings. The molecule has 2 aromatic carbocycles. The Morgan fingerprint density at radius 3 is 2.31 bits per heavy atom. The van der Waals surface area contributed by atoms with Crippen molar-refractivity contribution >= 4 is 27.7 Å². The molecule has 32 heavy (non-hydrogen) atoms. The molecule has 0 radical (unpaired) electrons. The van der Waals surface area contributed by atoms with Crippen LogP contribution in [0.5, 0.6) is 0 Å². The summed E-state index contributed by atoms with van der Waals surface area (Å²) in [5.74, 6) is 0.686. The summed E-state index contributed by atoms with van der Waals surface area (Å²) in [6.07, 6.45) is 0. The van der Waals surface area contributed by atoms with E-state index in [0.29, 0.717) is 17.5 Å². The molecule has 0 atom stereocenters. The lowest BCUT2D eigenvalue weighted by Gasteiger charge is -2.19. The molecular weight excluding hydrogens is 444 g/mol. The Balaban J connectivity index is 1.49. The minimum Gasteiger partial charge on any atom is -0.302 e. The lowest BCUT2D eigenvalue weighted by molar-refractivity contribution is 0.0876. The average molecular weight is 471 g/mol. The second-order valence-corrected chi connectivity index (χ2v) is 11.5. The number of rotatable bonds is 6. The van der Waals surface area contributed by atoms with Gasteiger partial charge in [0.05, 0.1) is 5.56 Å². The van der Waals surface area contributed by atoms with Crippen molar-refractivity contribution in [1.82, 2.24) is 19.1 Å². The van der Waals surface area contributed by atoms with Crippen LogP contribution >= 0.6 is 11.8 Å². The predicted molar refractivity (Wildman–Crippen MR) is 125 cm³/mol. The molecule has 0 N–H and O–H groups in total. The fourth-order valence-electron chi connectivity index (χ4n) is 3.69. The van der Waals surface area contributed by atoms with Gasteiger partial charge in [-0.15, -0.1) is 10.2 Å². The van der Waals surface area contributed by atoms with Gasteiger partial charge in [-0.3, -0.25) is 4.79 Å². The number of hydrogen-bond acceptors (Lipinski definition) is 6. The molecule has 0 unspecified atom stereocenters. The average Bonchev–Trinajstić information content (AvgIpc) is 3.25. The summed E-state index contributed by atoms with van der Waals surface area (Å²) in [7, 11) is -3.79. The minimum absolute atomic E-state index is 0.0744. The van der Waals surface area contributed by atoms with E-state index in [2.05, 4.69) is 55.2 Å². The van der Waals surface area contributed by atoms with Gasteiger partial charge < -0.3 is 4.57 Å². The summed E-state index contributed by atoms with van der Waals surface area (Å²) in [6.45, 7) is 9.30. The highest BCUT2D eigenvalue weighted by Crippen LogP contribution is 2.31. The third-order valence-electron chi connectivity index (χ3n) is 5.48. The molecule has 0 saturated heterocycles. The fraction of sp³-hybridized carbons (Fsp3) is 0.348. The molecule has 9 heteroatoms. The topological polar surface area (TPSA) is 85.2 Å². The monoisotopic (exact) mass is 470 g/mol. The molecule has 0 aliphatic carbocycles. The number of nitrogens with zero attached hydrogens (tertiary/aromatic N) is 4. The van der Waals surface area contributed by atoms with Crippen LogP contribution in [0.15, 0.2) is 58.6 Å². The Morgan fingerprint density at radius 1 is 1.00 bits per heavy atom. The molecule has 0 spiro atoms. The smallest absolute Gasteiger partial charge is 0.269 e. The second kappa shape index (κ2) is 8.37. The van der Waals surface area contributed by atoms with E-state index in [1.165, 1.54) is 23.4 Å². The summed E-state index contributed by atoms with van der Waals surface area (Å²) in [4.78, 5) is 12.6. The molecule has 168 valence electrons. The van der Waals surface area contributed by atoms with Crippen LogP contribution in [-0.2, 0) is 22.0 Å². The first-order valence-electron chi connectivity index (χ1n) is 10.5. The predicted octanol–water partition coefficient (Wildman–Crippen LogP) is 4.20. The maximum Gasteiger partial charge on any atom is 0.269 e. The number of fused-ring (bicyclic) bond motifs is 1. The number of carbonyl (C=O) groups excluding carboxylic acids is 1. The van der Waals surface area contributed by atoms with Gasteiger partial charge in [-0.1, -0.05) is 68.9 Å². The maximum atomic E-state index is 12.7. The van der Waals surface area contributed by atoms with Gasteiger partial charge in [0.15, 0.2) is 11.0 Å². The SMILES string of the molecule is CCn1c(SCCN2C(=O)c3ccccc3S2(=O)=O)nnc1-c1ccc(C(C)(C)C)cc1. The fourth-order valence-corrected chi connectivity index (χ4v) is 6.30. The van der Waals surface area contributed by atoms with Crippen LogP contribution in [0.1, 0.15) is 43.6 Å². The zero-order valence-electron chi connectivity index (χ0n) is 18.6. The van der Waals surface area contributed by atoms with Crippen molar-refractivity contribution in [2.24, 2.45) is 0 Å². The summed E-state index contributed by atoms with van der Waals surface area (Å²) in [5.41, 5.74) is 2.53. The molecule has 1 aliphatic rings. The number of aromatic nitrogens is 3. The summed E-state index contributed by atoms with van der Waals surface area (Å²) in [6, 6.07) is 14.6. The third-order valence-corrected chi connectivity index (χ3v) is 8.27. The molecule has 4 rings (SSSR count). The quantitative estimate of drug-likeness (QED) is 0.502. The van der Waals surface area contributed by atoms with Gasteiger partial charge >= 0.3 is 0 Å². The number of hydrogen-bond donors (Lipinski definition) is 0. The normalized spacial score (nSPS) is 15.2. The third kappa shape index (κ3) is 3.95. The molecule has 7 nitrogen and oxygen atoms in total. The molecule has 3 aromatic rings. The molecular formula is C23H26N4O3S2. The van der Waals surface area contributed by atoms with E-state index in [9.17, 15) is 13.2 Å². The number of amides is 1. The summed E-state index contributed by atoms with van der Waals surface area (Å²) < 4.78 is 28.4. The first-order valence-corrected chi connectivity index (χ1v) is 12.9. The van der Waals surface area contributed by atoms with Gasteiger partial charge in [0.1, 0.15) is 4.90 Å². The number of carbonyl (C=O) groups is 1. The second-order valence-electron chi connectivity index (χ2n) is 8.60. The van der Waals surface area contributed by atoms with Crippen molar-refractivity contribution in [3.8, 4) is 11.4 Å². The highest BCUT2D eigenvalue weighted by molar-refractivity contribution is 7.99. The van der Waals surface area contributed by atoms with E-state index < -0.39 is 15.9 Å². The number of sulfonamides is 1. The van der Waals surface area contributed by atoms with Gasteiger partial charge in [0.2, 0.25) is 0 Å². The van der Waals surface area contributed by atoms with E-state index in [1.54, 1.807) is 18.2 Å². The molecule has 0 bridgehead atoms. The molecule has 0 saturated carbocycles. The summed E-state index contributed by atoms with van der Waals surface area (Å²) >= 11 is 1.39. The van der Waals surface area contributed by atoms with E-state index >= 15 is 0 Å². The van der Waals surface area contributed by atoms with Crippen LogP contribution < -0.4 is 0 Å².